The van der Waals surface area contributed by atoms with Crippen molar-refractivity contribution in [3.63, 3.8) is 0 Å². The summed E-state index contributed by atoms with van der Waals surface area (Å²) >= 11 is 0. The zero-order valence-corrected chi connectivity index (χ0v) is 15.6. The summed E-state index contributed by atoms with van der Waals surface area (Å²) < 4.78 is 3.14. The zero-order chi connectivity index (χ0) is 19.6. The van der Waals surface area contributed by atoms with E-state index in [0.717, 1.165) is 42.4 Å². The number of fused-ring (bicyclic) bond motifs is 1. The molecule has 0 bridgehead atoms. The molecule has 0 amide bonds. The van der Waals surface area contributed by atoms with Gasteiger partial charge in [-0.05, 0) is 37.8 Å². The second kappa shape index (κ2) is 7.38. The molecule has 5 rings (SSSR count). The van der Waals surface area contributed by atoms with E-state index in [1.54, 1.807) is 40.5 Å². The molecule has 0 radical (unpaired) electrons. The van der Waals surface area contributed by atoms with Crippen LogP contribution >= 0.6 is 0 Å². The molecule has 0 aromatic carbocycles. The molecule has 0 aliphatic heterocycles. The highest BCUT2D eigenvalue weighted by atomic mass is 16.1. The highest BCUT2D eigenvalue weighted by Crippen LogP contribution is 2.30. The predicted octanol–water partition coefficient (Wildman–Crippen LogP) is 1.76. The van der Waals surface area contributed by atoms with Crippen LogP contribution in [0.15, 0.2) is 54.4 Å². The van der Waals surface area contributed by atoms with E-state index in [1.165, 1.54) is 12.4 Å². The SMILES string of the molecule is O=c1ccc(-n2cncn2)nn1C1CCC(Nc2ncnc3cnccc23)CC1. The van der Waals surface area contributed by atoms with Crippen LogP contribution in [0.25, 0.3) is 16.7 Å². The molecule has 10 heteroatoms. The van der Waals surface area contributed by atoms with Crippen LogP contribution in [-0.2, 0) is 0 Å². The van der Waals surface area contributed by atoms with Gasteiger partial charge in [0.05, 0.1) is 17.8 Å². The number of rotatable bonds is 4. The van der Waals surface area contributed by atoms with Crippen molar-refractivity contribution in [2.45, 2.75) is 37.8 Å². The standard InChI is InChI=1S/C19H19N9O/c29-18-6-5-17(27-12-21-10-24-27)26-28(18)14-3-1-13(2-4-14)25-19-15-7-8-20-9-16(15)22-11-23-19/h5-14H,1-4H2,(H,22,23,25). The molecule has 1 aliphatic carbocycles. The van der Waals surface area contributed by atoms with Gasteiger partial charge in [-0.1, -0.05) is 0 Å². The lowest BCUT2D eigenvalue weighted by Gasteiger charge is -2.30. The van der Waals surface area contributed by atoms with Crippen LogP contribution in [0.2, 0.25) is 0 Å². The van der Waals surface area contributed by atoms with Crippen molar-refractivity contribution < 1.29 is 0 Å². The molecule has 4 aromatic rings. The summed E-state index contributed by atoms with van der Waals surface area (Å²) in [6, 6.07) is 5.47. The van der Waals surface area contributed by atoms with Gasteiger partial charge < -0.3 is 5.32 Å². The number of anilines is 1. The van der Waals surface area contributed by atoms with E-state index < -0.39 is 0 Å². The molecule has 1 N–H and O–H groups in total. The average Bonchev–Trinajstić information content (AvgIpc) is 3.30. The van der Waals surface area contributed by atoms with Crippen LogP contribution in [0.5, 0.6) is 0 Å². The molecule has 1 fully saturated rings. The quantitative estimate of drug-likeness (QED) is 0.561. The molecule has 0 saturated heterocycles. The number of hydrogen-bond acceptors (Lipinski definition) is 8. The van der Waals surface area contributed by atoms with E-state index in [1.807, 2.05) is 6.07 Å². The lowest BCUT2D eigenvalue weighted by atomic mass is 9.91. The van der Waals surface area contributed by atoms with Gasteiger partial charge in [-0.15, -0.1) is 5.10 Å². The summed E-state index contributed by atoms with van der Waals surface area (Å²) in [6.07, 6.45) is 11.6. The summed E-state index contributed by atoms with van der Waals surface area (Å²) in [5, 5.41) is 13.1. The van der Waals surface area contributed by atoms with E-state index in [2.05, 4.69) is 35.5 Å². The lowest BCUT2D eigenvalue weighted by Crippen LogP contribution is -2.33. The molecule has 29 heavy (non-hydrogen) atoms. The number of aromatic nitrogens is 8. The average molecular weight is 389 g/mol. The van der Waals surface area contributed by atoms with Crippen molar-refractivity contribution >= 4 is 16.7 Å². The maximum absolute atomic E-state index is 12.4. The van der Waals surface area contributed by atoms with Crippen LogP contribution in [0.3, 0.4) is 0 Å². The third kappa shape index (κ3) is 3.44. The molecule has 10 nitrogen and oxygen atoms in total. The van der Waals surface area contributed by atoms with E-state index in [0.29, 0.717) is 5.82 Å². The van der Waals surface area contributed by atoms with E-state index in [-0.39, 0.29) is 17.6 Å². The smallest absolute Gasteiger partial charge is 0.267 e. The summed E-state index contributed by atoms with van der Waals surface area (Å²) in [5.41, 5.74) is 0.721. The normalized spacial score (nSPS) is 19.3. The molecule has 0 unspecified atom stereocenters. The minimum Gasteiger partial charge on any atom is -0.367 e. The number of nitrogens with one attached hydrogen (secondary N) is 1. The summed E-state index contributed by atoms with van der Waals surface area (Å²) in [7, 11) is 0. The van der Waals surface area contributed by atoms with Gasteiger partial charge in [0.2, 0.25) is 0 Å². The van der Waals surface area contributed by atoms with Crippen molar-refractivity contribution in [3.05, 3.63) is 59.9 Å². The lowest BCUT2D eigenvalue weighted by molar-refractivity contribution is 0.302. The fraction of sp³-hybridized carbons (Fsp3) is 0.316. The molecular weight excluding hydrogens is 370 g/mol. The topological polar surface area (TPSA) is 116 Å². The van der Waals surface area contributed by atoms with E-state index >= 15 is 0 Å². The third-order valence-electron chi connectivity index (χ3n) is 5.29. The fourth-order valence-corrected chi connectivity index (χ4v) is 3.81. The first-order chi connectivity index (χ1) is 14.3. The van der Waals surface area contributed by atoms with Crippen molar-refractivity contribution in [1.82, 2.24) is 39.5 Å². The Kier molecular flexibility index (Phi) is 4.43. The Bertz CT molecular complexity index is 1170. The van der Waals surface area contributed by atoms with Gasteiger partial charge in [-0.25, -0.2) is 24.3 Å². The third-order valence-corrected chi connectivity index (χ3v) is 5.29. The van der Waals surface area contributed by atoms with Crippen LogP contribution < -0.4 is 10.9 Å². The second-order valence-corrected chi connectivity index (χ2v) is 7.08. The largest absolute Gasteiger partial charge is 0.367 e. The van der Waals surface area contributed by atoms with Gasteiger partial charge >= 0.3 is 0 Å². The number of hydrogen-bond donors (Lipinski definition) is 1. The van der Waals surface area contributed by atoms with Crippen LogP contribution in [0, 0.1) is 0 Å². The molecule has 0 atom stereocenters. The van der Waals surface area contributed by atoms with Gasteiger partial charge in [-0.3, -0.25) is 9.78 Å². The van der Waals surface area contributed by atoms with Gasteiger partial charge in [0.25, 0.3) is 5.56 Å². The zero-order valence-electron chi connectivity index (χ0n) is 15.6. The molecule has 1 saturated carbocycles. The van der Waals surface area contributed by atoms with Crippen LogP contribution in [0.1, 0.15) is 31.7 Å². The first-order valence-corrected chi connectivity index (χ1v) is 9.54. The van der Waals surface area contributed by atoms with Gasteiger partial charge in [0, 0.05) is 23.7 Å². The molecular formula is C19H19N9O. The summed E-state index contributed by atoms with van der Waals surface area (Å²) in [5.74, 6) is 1.41. The Morgan fingerprint density at radius 2 is 1.90 bits per heavy atom. The van der Waals surface area contributed by atoms with E-state index in [4.69, 9.17) is 0 Å². The Balaban J connectivity index is 1.31. The highest BCUT2D eigenvalue weighted by molar-refractivity contribution is 5.87. The molecule has 4 heterocycles. The van der Waals surface area contributed by atoms with Gasteiger partial charge in [0.15, 0.2) is 5.82 Å². The molecule has 146 valence electrons. The van der Waals surface area contributed by atoms with Crippen molar-refractivity contribution in [1.29, 1.82) is 0 Å². The minimum absolute atomic E-state index is 0.0652. The van der Waals surface area contributed by atoms with Gasteiger partial charge in [0.1, 0.15) is 24.8 Å². The van der Waals surface area contributed by atoms with Crippen molar-refractivity contribution in [2.24, 2.45) is 0 Å². The first kappa shape index (κ1) is 17.4. The van der Waals surface area contributed by atoms with Crippen LogP contribution in [0.4, 0.5) is 5.82 Å². The fourth-order valence-electron chi connectivity index (χ4n) is 3.81. The minimum atomic E-state index is -0.0976. The van der Waals surface area contributed by atoms with Gasteiger partial charge in [-0.2, -0.15) is 5.10 Å². The van der Waals surface area contributed by atoms with Crippen LogP contribution in [-0.4, -0.2) is 45.5 Å². The Morgan fingerprint density at radius 3 is 2.72 bits per heavy atom. The van der Waals surface area contributed by atoms with Crippen molar-refractivity contribution in [3.8, 4) is 5.82 Å². The number of nitrogens with zero attached hydrogens (tertiary/aromatic N) is 8. The number of pyridine rings is 1. The molecule has 1 aliphatic rings. The Morgan fingerprint density at radius 1 is 1.00 bits per heavy atom. The molecule has 0 spiro atoms. The monoisotopic (exact) mass is 389 g/mol. The molecule has 4 aromatic heterocycles. The Hall–Kier alpha value is -3.69. The summed E-state index contributed by atoms with van der Waals surface area (Å²) in [6.45, 7) is 0. The summed E-state index contributed by atoms with van der Waals surface area (Å²) in [4.78, 5) is 29.1. The first-order valence-electron chi connectivity index (χ1n) is 9.54. The predicted molar refractivity (Wildman–Crippen MR) is 106 cm³/mol. The Labute approximate surface area is 165 Å². The maximum atomic E-state index is 12.4. The van der Waals surface area contributed by atoms with E-state index in [9.17, 15) is 4.79 Å². The maximum Gasteiger partial charge on any atom is 0.267 e. The highest BCUT2D eigenvalue weighted by Gasteiger charge is 2.24. The second-order valence-electron chi connectivity index (χ2n) is 7.08. The van der Waals surface area contributed by atoms with Crippen molar-refractivity contribution in [2.75, 3.05) is 5.32 Å².